The Balaban J connectivity index is 1.67. The van der Waals surface area contributed by atoms with E-state index >= 15 is 0 Å². The average molecular weight is 424 g/mol. The summed E-state index contributed by atoms with van der Waals surface area (Å²) in [7, 11) is 0. The number of carbonyl (C=O) groups excluding carboxylic acids is 1. The summed E-state index contributed by atoms with van der Waals surface area (Å²) in [5.41, 5.74) is 5.71. The first kappa shape index (κ1) is 20.2. The van der Waals surface area contributed by atoms with Crippen LogP contribution in [0.3, 0.4) is 0 Å². The number of hydrogen-bond donors (Lipinski definition) is 1. The van der Waals surface area contributed by atoms with Crippen LogP contribution in [0.5, 0.6) is 0 Å². The summed E-state index contributed by atoms with van der Waals surface area (Å²) in [4.78, 5) is 22.4. The van der Waals surface area contributed by atoms with Crippen molar-refractivity contribution in [2.24, 2.45) is 0 Å². The van der Waals surface area contributed by atoms with E-state index in [1.165, 1.54) is 11.3 Å². The summed E-state index contributed by atoms with van der Waals surface area (Å²) in [5.74, 6) is -0.209. The lowest BCUT2D eigenvalue weighted by molar-refractivity contribution is 0.102. The molecule has 4 heterocycles. The molecule has 0 bridgehead atoms. The van der Waals surface area contributed by atoms with Crippen LogP contribution in [-0.2, 0) is 6.54 Å². The number of anilines is 1. The lowest BCUT2D eigenvalue weighted by Gasteiger charge is -2.08. The molecule has 9 heteroatoms. The number of nitrogens with zero attached hydrogens (tertiary/aromatic N) is 6. The van der Waals surface area contributed by atoms with Gasteiger partial charge in [0.05, 0.1) is 28.5 Å². The highest BCUT2D eigenvalue weighted by Crippen LogP contribution is 2.29. The van der Waals surface area contributed by atoms with Gasteiger partial charge < -0.3 is 0 Å². The van der Waals surface area contributed by atoms with Crippen LogP contribution in [0.15, 0.2) is 17.6 Å². The number of fused-ring (bicyclic) bond motifs is 1. The van der Waals surface area contributed by atoms with Crippen molar-refractivity contribution >= 4 is 33.4 Å². The van der Waals surface area contributed by atoms with E-state index < -0.39 is 0 Å². The summed E-state index contributed by atoms with van der Waals surface area (Å²) < 4.78 is 3.79. The van der Waals surface area contributed by atoms with Crippen LogP contribution < -0.4 is 5.32 Å². The second-order valence-electron chi connectivity index (χ2n) is 7.58. The van der Waals surface area contributed by atoms with Gasteiger partial charge in [-0.2, -0.15) is 10.2 Å². The van der Waals surface area contributed by atoms with E-state index in [0.717, 1.165) is 45.9 Å². The number of rotatable bonds is 5. The van der Waals surface area contributed by atoms with Crippen molar-refractivity contribution in [3.05, 3.63) is 40.3 Å². The van der Waals surface area contributed by atoms with Gasteiger partial charge in [-0.1, -0.05) is 0 Å². The van der Waals surface area contributed by atoms with Gasteiger partial charge >= 0.3 is 0 Å². The number of aryl methyl sites for hydroxylation is 3. The Labute approximate surface area is 179 Å². The summed E-state index contributed by atoms with van der Waals surface area (Å²) >= 11 is 1.40. The first-order valence-corrected chi connectivity index (χ1v) is 10.8. The molecule has 8 nitrogen and oxygen atoms in total. The van der Waals surface area contributed by atoms with Crippen molar-refractivity contribution in [1.82, 2.24) is 29.5 Å². The van der Waals surface area contributed by atoms with E-state index in [9.17, 15) is 4.79 Å². The molecule has 0 fully saturated rings. The minimum Gasteiger partial charge on any atom is -0.298 e. The van der Waals surface area contributed by atoms with Crippen molar-refractivity contribution in [2.45, 2.75) is 54.1 Å². The SMILES string of the molecule is CCn1ncc(-c2csc(NC(=O)c3cc(C)nc4c3c(C)nn4C(C)C)n2)c1C. The predicted molar refractivity (Wildman–Crippen MR) is 119 cm³/mol. The van der Waals surface area contributed by atoms with Gasteiger partial charge in [-0.3, -0.25) is 14.8 Å². The van der Waals surface area contributed by atoms with E-state index in [0.29, 0.717) is 10.7 Å². The van der Waals surface area contributed by atoms with E-state index in [-0.39, 0.29) is 11.9 Å². The van der Waals surface area contributed by atoms with Crippen LogP contribution in [0, 0.1) is 20.8 Å². The van der Waals surface area contributed by atoms with Crippen molar-refractivity contribution in [3.63, 3.8) is 0 Å². The van der Waals surface area contributed by atoms with Crippen LogP contribution >= 0.6 is 11.3 Å². The van der Waals surface area contributed by atoms with Gasteiger partial charge in [0.1, 0.15) is 0 Å². The Hall–Kier alpha value is -3.07. The molecule has 0 aliphatic heterocycles. The maximum atomic E-state index is 13.1. The molecular weight excluding hydrogens is 398 g/mol. The highest BCUT2D eigenvalue weighted by molar-refractivity contribution is 7.14. The van der Waals surface area contributed by atoms with Crippen LogP contribution in [0.1, 0.15) is 54.3 Å². The summed E-state index contributed by atoms with van der Waals surface area (Å²) in [6.45, 7) is 12.8. The molecule has 156 valence electrons. The minimum absolute atomic E-state index is 0.153. The zero-order valence-corrected chi connectivity index (χ0v) is 18.8. The van der Waals surface area contributed by atoms with Gasteiger partial charge in [0, 0.05) is 34.9 Å². The zero-order chi connectivity index (χ0) is 21.6. The molecule has 1 amide bonds. The highest BCUT2D eigenvalue weighted by Gasteiger charge is 2.21. The van der Waals surface area contributed by atoms with Gasteiger partial charge in [0.25, 0.3) is 5.91 Å². The number of hydrogen-bond acceptors (Lipinski definition) is 6. The van der Waals surface area contributed by atoms with Crippen LogP contribution in [-0.4, -0.2) is 35.4 Å². The molecule has 1 N–H and O–H groups in total. The molecule has 0 radical (unpaired) electrons. The Bertz CT molecular complexity index is 1250. The molecule has 4 rings (SSSR count). The highest BCUT2D eigenvalue weighted by atomic mass is 32.1. The second-order valence-corrected chi connectivity index (χ2v) is 8.44. The normalized spacial score (nSPS) is 11.6. The van der Waals surface area contributed by atoms with Crippen molar-refractivity contribution in [3.8, 4) is 11.3 Å². The fourth-order valence-electron chi connectivity index (χ4n) is 3.61. The lowest BCUT2D eigenvalue weighted by Crippen LogP contribution is -2.13. The molecule has 4 aromatic heterocycles. The number of thiazole rings is 1. The first-order valence-electron chi connectivity index (χ1n) is 9.96. The maximum Gasteiger partial charge on any atom is 0.258 e. The van der Waals surface area contributed by atoms with Crippen LogP contribution in [0.25, 0.3) is 22.3 Å². The zero-order valence-electron chi connectivity index (χ0n) is 18.0. The van der Waals surface area contributed by atoms with Crippen LogP contribution in [0.4, 0.5) is 5.13 Å². The number of aromatic nitrogens is 6. The molecule has 0 spiro atoms. The summed E-state index contributed by atoms with van der Waals surface area (Å²) in [5, 5.41) is 15.2. The van der Waals surface area contributed by atoms with Gasteiger partial charge in [-0.15, -0.1) is 11.3 Å². The molecule has 4 aromatic rings. The van der Waals surface area contributed by atoms with E-state index in [4.69, 9.17) is 0 Å². The topological polar surface area (TPSA) is 90.5 Å². The third-order valence-electron chi connectivity index (χ3n) is 5.10. The molecular formula is C21H25N7OS. The maximum absolute atomic E-state index is 13.1. The van der Waals surface area contributed by atoms with Crippen molar-refractivity contribution in [1.29, 1.82) is 0 Å². The third-order valence-corrected chi connectivity index (χ3v) is 5.86. The van der Waals surface area contributed by atoms with Crippen molar-refractivity contribution < 1.29 is 4.79 Å². The number of pyridine rings is 1. The third kappa shape index (κ3) is 3.39. The molecule has 0 saturated heterocycles. The Morgan fingerprint density at radius 2 is 2.00 bits per heavy atom. The molecule has 0 aliphatic carbocycles. The molecule has 0 atom stereocenters. The number of carbonyl (C=O) groups is 1. The Morgan fingerprint density at radius 1 is 1.23 bits per heavy atom. The Kier molecular flexibility index (Phi) is 5.15. The van der Waals surface area contributed by atoms with E-state index in [1.807, 2.05) is 41.7 Å². The van der Waals surface area contributed by atoms with Gasteiger partial charge in [-0.25, -0.2) is 14.6 Å². The molecule has 0 saturated carbocycles. The fraction of sp³-hybridized carbons (Fsp3) is 0.381. The van der Waals surface area contributed by atoms with Gasteiger partial charge in [-0.05, 0) is 47.6 Å². The largest absolute Gasteiger partial charge is 0.298 e. The standard InChI is InChI=1S/C21H25N7OS/c1-7-27-14(6)16(9-22-27)17-10-30-21(24-17)25-20(29)15-8-12(4)23-19-18(15)13(5)26-28(19)11(2)3/h8-11H,7H2,1-6H3,(H,24,25,29). The second kappa shape index (κ2) is 7.64. The predicted octanol–water partition coefficient (Wildman–Crippen LogP) is 4.53. The summed E-state index contributed by atoms with van der Waals surface area (Å²) in [6, 6.07) is 1.96. The van der Waals surface area contributed by atoms with E-state index in [1.54, 1.807) is 6.07 Å². The van der Waals surface area contributed by atoms with Gasteiger partial charge in [0.15, 0.2) is 10.8 Å². The van der Waals surface area contributed by atoms with E-state index in [2.05, 4.69) is 46.3 Å². The fourth-order valence-corrected chi connectivity index (χ4v) is 4.32. The first-order chi connectivity index (χ1) is 14.3. The molecule has 0 unspecified atom stereocenters. The monoisotopic (exact) mass is 423 g/mol. The lowest BCUT2D eigenvalue weighted by atomic mass is 10.1. The smallest absolute Gasteiger partial charge is 0.258 e. The van der Waals surface area contributed by atoms with Gasteiger partial charge in [0.2, 0.25) is 0 Å². The minimum atomic E-state index is -0.209. The van der Waals surface area contributed by atoms with Crippen molar-refractivity contribution in [2.75, 3.05) is 5.32 Å². The quantitative estimate of drug-likeness (QED) is 0.509. The summed E-state index contributed by atoms with van der Waals surface area (Å²) in [6.07, 6.45) is 1.82. The Morgan fingerprint density at radius 3 is 2.67 bits per heavy atom. The molecule has 30 heavy (non-hydrogen) atoms. The van der Waals surface area contributed by atoms with Crippen LogP contribution in [0.2, 0.25) is 0 Å². The molecule has 0 aromatic carbocycles. The molecule has 0 aliphatic rings. The number of nitrogens with one attached hydrogen (secondary N) is 1. The number of amides is 1. The average Bonchev–Trinajstić information content (AvgIpc) is 3.38.